The Morgan fingerprint density at radius 3 is 2.70 bits per heavy atom. The normalized spacial score (nSPS) is 14.0. The molecule has 0 spiro atoms. The van der Waals surface area contributed by atoms with E-state index in [0.29, 0.717) is 6.61 Å². The van der Waals surface area contributed by atoms with Crippen LogP contribution < -0.4 is 4.74 Å². The zero-order valence-corrected chi connectivity index (χ0v) is 13.0. The van der Waals surface area contributed by atoms with E-state index in [0.717, 1.165) is 17.7 Å². The molecule has 0 aliphatic carbocycles. The summed E-state index contributed by atoms with van der Waals surface area (Å²) in [5, 5.41) is 10.1. The van der Waals surface area contributed by atoms with E-state index in [1.54, 1.807) is 7.11 Å². The summed E-state index contributed by atoms with van der Waals surface area (Å²) < 4.78 is 10.9. The second-order valence-corrected chi connectivity index (χ2v) is 5.29. The molecule has 1 aromatic carbocycles. The van der Waals surface area contributed by atoms with Crippen molar-refractivity contribution in [2.24, 2.45) is 0 Å². The zero-order chi connectivity index (χ0) is 14.8. The Bertz CT molecular complexity index is 365. The molecule has 114 valence electrons. The number of ether oxygens (including phenoxy) is 2. The largest absolute Gasteiger partial charge is 0.497 e. The summed E-state index contributed by atoms with van der Waals surface area (Å²) in [6.07, 6.45) is 5.68. The molecule has 0 saturated heterocycles. The third-order valence-corrected chi connectivity index (χ3v) is 3.48. The minimum absolute atomic E-state index is 0.201. The van der Waals surface area contributed by atoms with Crippen molar-refractivity contribution in [3.8, 4) is 5.75 Å². The lowest BCUT2D eigenvalue weighted by Crippen LogP contribution is -2.14. The van der Waals surface area contributed by atoms with Crippen molar-refractivity contribution in [2.45, 2.75) is 58.2 Å². The van der Waals surface area contributed by atoms with Crippen molar-refractivity contribution in [3.63, 3.8) is 0 Å². The highest BCUT2D eigenvalue weighted by atomic mass is 16.5. The molecule has 2 unspecified atom stereocenters. The number of aliphatic hydroxyl groups is 1. The van der Waals surface area contributed by atoms with Crippen LogP contribution in [-0.4, -0.2) is 24.9 Å². The fourth-order valence-electron chi connectivity index (χ4n) is 2.14. The van der Waals surface area contributed by atoms with Crippen molar-refractivity contribution in [3.05, 3.63) is 29.8 Å². The van der Waals surface area contributed by atoms with Crippen LogP contribution in [0.4, 0.5) is 0 Å². The molecule has 3 nitrogen and oxygen atoms in total. The van der Waals surface area contributed by atoms with Crippen LogP contribution in [0.25, 0.3) is 0 Å². The van der Waals surface area contributed by atoms with Crippen LogP contribution in [0.2, 0.25) is 0 Å². The standard InChI is InChI=1S/C17H28O3/c1-4-5-6-7-9-14(2)20-13-17(18)15-10-8-11-16(12-15)19-3/h8,10-12,14,17-18H,4-7,9,13H2,1-3H3. The van der Waals surface area contributed by atoms with Gasteiger partial charge < -0.3 is 14.6 Å². The molecule has 0 saturated carbocycles. The van der Waals surface area contributed by atoms with Gasteiger partial charge in [-0.3, -0.25) is 0 Å². The van der Waals surface area contributed by atoms with Crippen molar-refractivity contribution in [1.82, 2.24) is 0 Å². The third kappa shape index (κ3) is 6.40. The Balaban J connectivity index is 2.29. The average molecular weight is 280 g/mol. The number of hydrogen-bond donors (Lipinski definition) is 1. The minimum Gasteiger partial charge on any atom is -0.497 e. The molecule has 0 amide bonds. The lowest BCUT2D eigenvalue weighted by Gasteiger charge is -2.17. The number of benzene rings is 1. The van der Waals surface area contributed by atoms with E-state index in [9.17, 15) is 5.11 Å². The molecular weight excluding hydrogens is 252 g/mol. The fraction of sp³-hybridized carbons (Fsp3) is 0.647. The van der Waals surface area contributed by atoms with Crippen LogP contribution in [0.15, 0.2) is 24.3 Å². The Hall–Kier alpha value is -1.06. The molecule has 0 aliphatic rings. The monoisotopic (exact) mass is 280 g/mol. The van der Waals surface area contributed by atoms with E-state index in [2.05, 4.69) is 13.8 Å². The van der Waals surface area contributed by atoms with Gasteiger partial charge in [0.05, 0.1) is 19.8 Å². The van der Waals surface area contributed by atoms with Gasteiger partial charge in [0.2, 0.25) is 0 Å². The number of methoxy groups -OCH3 is 1. The molecule has 1 aromatic rings. The predicted octanol–water partition coefficient (Wildman–Crippen LogP) is 4.10. The Morgan fingerprint density at radius 1 is 1.20 bits per heavy atom. The maximum absolute atomic E-state index is 10.1. The number of aliphatic hydroxyl groups excluding tert-OH is 1. The summed E-state index contributed by atoms with van der Waals surface area (Å²) in [6.45, 7) is 4.62. The first-order valence-corrected chi connectivity index (χ1v) is 7.61. The van der Waals surface area contributed by atoms with Crippen LogP contribution in [0.3, 0.4) is 0 Å². The van der Waals surface area contributed by atoms with Crippen LogP contribution in [0.1, 0.15) is 57.6 Å². The number of hydrogen-bond acceptors (Lipinski definition) is 3. The second-order valence-electron chi connectivity index (χ2n) is 5.29. The first-order chi connectivity index (χ1) is 9.67. The van der Waals surface area contributed by atoms with E-state index in [1.165, 1.54) is 25.7 Å². The molecular formula is C17H28O3. The molecule has 0 heterocycles. The summed E-state index contributed by atoms with van der Waals surface area (Å²) in [4.78, 5) is 0. The predicted molar refractivity (Wildman–Crippen MR) is 82.1 cm³/mol. The molecule has 0 aliphatic heterocycles. The topological polar surface area (TPSA) is 38.7 Å². The van der Waals surface area contributed by atoms with Gasteiger partial charge >= 0.3 is 0 Å². The summed E-state index contributed by atoms with van der Waals surface area (Å²) in [5.41, 5.74) is 0.836. The van der Waals surface area contributed by atoms with Crippen molar-refractivity contribution in [1.29, 1.82) is 0 Å². The highest BCUT2D eigenvalue weighted by molar-refractivity contribution is 5.29. The van der Waals surface area contributed by atoms with E-state index >= 15 is 0 Å². The van der Waals surface area contributed by atoms with Crippen LogP contribution in [0, 0.1) is 0 Å². The van der Waals surface area contributed by atoms with Crippen molar-refractivity contribution < 1.29 is 14.6 Å². The third-order valence-electron chi connectivity index (χ3n) is 3.48. The highest BCUT2D eigenvalue weighted by Gasteiger charge is 2.11. The SMILES string of the molecule is CCCCCCC(C)OCC(O)c1cccc(OC)c1. The molecule has 0 radical (unpaired) electrons. The molecule has 2 atom stereocenters. The molecule has 0 aromatic heterocycles. The van der Waals surface area contributed by atoms with E-state index in [4.69, 9.17) is 9.47 Å². The molecule has 1 rings (SSSR count). The summed E-state index contributed by atoms with van der Waals surface area (Å²) in [5.74, 6) is 0.758. The molecule has 20 heavy (non-hydrogen) atoms. The van der Waals surface area contributed by atoms with Gasteiger partial charge in [0.1, 0.15) is 11.9 Å². The molecule has 0 fully saturated rings. The quantitative estimate of drug-likeness (QED) is 0.656. The first-order valence-electron chi connectivity index (χ1n) is 7.61. The summed E-state index contributed by atoms with van der Waals surface area (Å²) >= 11 is 0. The summed E-state index contributed by atoms with van der Waals surface area (Å²) in [7, 11) is 1.63. The summed E-state index contributed by atoms with van der Waals surface area (Å²) in [6, 6.07) is 7.49. The lowest BCUT2D eigenvalue weighted by atomic mass is 10.1. The second kappa shape index (κ2) is 9.78. The van der Waals surface area contributed by atoms with Gasteiger partial charge in [-0.15, -0.1) is 0 Å². The molecule has 1 N–H and O–H groups in total. The smallest absolute Gasteiger partial charge is 0.119 e. The number of unbranched alkanes of at least 4 members (excludes halogenated alkanes) is 3. The number of rotatable bonds is 10. The maximum Gasteiger partial charge on any atom is 0.119 e. The first kappa shape index (κ1) is 17.0. The van der Waals surface area contributed by atoms with Crippen LogP contribution in [-0.2, 0) is 4.74 Å². The highest BCUT2D eigenvalue weighted by Crippen LogP contribution is 2.20. The maximum atomic E-state index is 10.1. The van der Waals surface area contributed by atoms with Crippen molar-refractivity contribution in [2.75, 3.05) is 13.7 Å². The van der Waals surface area contributed by atoms with Gasteiger partial charge in [-0.05, 0) is 31.0 Å². The van der Waals surface area contributed by atoms with Gasteiger partial charge in [0.15, 0.2) is 0 Å². The van der Waals surface area contributed by atoms with E-state index in [-0.39, 0.29) is 6.10 Å². The van der Waals surface area contributed by atoms with Crippen LogP contribution in [0.5, 0.6) is 5.75 Å². The lowest BCUT2D eigenvalue weighted by molar-refractivity contribution is -0.00656. The van der Waals surface area contributed by atoms with Gasteiger partial charge in [-0.1, -0.05) is 44.7 Å². The van der Waals surface area contributed by atoms with E-state index < -0.39 is 6.10 Å². The van der Waals surface area contributed by atoms with Gasteiger partial charge in [-0.25, -0.2) is 0 Å². The van der Waals surface area contributed by atoms with Gasteiger partial charge in [-0.2, -0.15) is 0 Å². The van der Waals surface area contributed by atoms with Gasteiger partial charge in [0.25, 0.3) is 0 Å². The van der Waals surface area contributed by atoms with Crippen molar-refractivity contribution >= 4 is 0 Å². The fourth-order valence-corrected chi connectivity index (χ4v) is 2.14. The zero-order valence-electron chi connectivity index (χ0n) is 13.0. The molecule has 3 heteroatoms. The minimum atomic E-state index is -0.594. The van der Waals surface area contributed by atoms with Gasteiger partial charge in [0, 0.05) is 0 Å². The Morgan fingerprint density at radius 2 is 2.00 bits per heavy atom. The average Bonchev–Trinajstić information content (AvgIpc) is 2.49. The Kier molecular flexibility index (Phi) is 8.31. The molecule has 0 bridgehead atoms. The van der Waals surface area contributed by atoms with E-state index in [1.807, 2.05) is 24.3 Å². The Labute approximate surface area is 122 Å². The van der Waals surface area contributed by atoms with Crippen LogP contribution >= 0.6 is 0 Å².